The third kappa shape index (κ3) is 2.90. The SMILES string of the molecule is CCC1C(=O)NCCN1C(=O)C1CCNC1.Cl. The van der Waals surface area contributed by atoms with Crippen molar-refractivity contribution < 1.29 is 9.59 Å². The van der Waals surface area contributed by atoms with Crippen molar-refractivity contribution in [3.8, 4) is 0 Å². The van der Waals surface area contributed by atoms with Crippen molar-refractivity contribution >= 4 is 24.2 Å². The second-order valence-electron chi connectivity index (χ2n) is 4.44. The smallest absolute Gasteiger partial charge is 0.242 e. The maximum Gasteiger partial charge on any atom is 0.242 e. The fourth-order valence-corrected chi connectivity index (χ4v) is 2.48. The average Bonchev–Trinajstić information content (AvgIpc) is 2.81. The topological polar surface area (TPSA) is 61.4 Å². The third-order valence-corrected chi connectivity index (χ3v) is 3.41. The number of amides is 2. The van der Waals surface area contributed by atoms with Gasteiger partial charge in [0.15, 0.2) is 0 Å². The highest BCUT2D eigenvalue weighted by Gasteiger charge is 2.35. The fourth-order valence-electron chi connectivity index (χ4n) is 2.48. The largest absolute Gasteiger partial charge is 0.353 e. The first kappa shape index (κ1) is 14.3. The number of carbonyl (C=O) groups is 2. The quantitative estimate of drug-likeness (QED) is 0.721. The Hall–Kier alpha value is -0.810. The molecule has 2 rings (SSSR count). The molecule has 98 valence electrons. The lowest BCUT2D eigenvalue weighted by Crippen LogP contribution is -2.58. The molecule has 0 aromatic rings. The van der Waals surface area contributed by atoms with Crippen LogP contribution in [0.4, 0.5) is 0 Å². The molecule has 0 aromatic heterocycles. The van der Waals surface area contributed by atoms with E-state index in [1.165, 1.54) is 0 Å². The molecule has 2 fully saturated rings. The second-order valence-corrected chi connectivity index (χ2v) is 4.44. The highest BCUT2D eigenvalue weighted by atomic mass is 35.5. The van der Waals surface area contributed by atoms with E-state index < -0.39 is 0 Å². The Morgan fingerprint density at radius 1 is 1.47 bits per heavy atom. The Balaban J connectivity index is 0.00000144. The maximum absolute atomic E-state index is 12.2. The van der Waals surface area contributed by atoms with Gasteiger partial charge in [-0.2, -0.15) is 0 Å². The second kappa shape index (κ2) is 6.21. The molecule has 0 aliphatic carbocycles. The summed E-state index contributed by atoms with van der Waals surface area (Å²) in [4.78, 5) is 25.6. The molecule has 2 atom stereocenters. The Labute approximate surface area is 108 Å². The Morgan fingerprint density at radius 3 is 2.82 bits per heavy atom. The first-order chi connectivity index (χ1) is 7.74. The monoisotopic (exact) mass is 261 g/mol. The van der Waals surface area contributed by atoms with Crippen molar-refractivity contribution in [3.63, 3.8) is 0 Å². The molecule has 0 radical (unpaired) electrons. The molecule has 0 aromatic carbocycles. The number of hydrogen-bond donors (Lipinski definition) is 2. The zero-order valence-corrected chi connectivity index (χ0v) is 10.9. The predicted molar refractivity (Wildman–Crippen MR) is 67.0 cm³/mol. The van der Waals surface area contributed by atoms with E-state index in [0.717, 1.165) is 19.5 Å². The van der Waals surface area contributed by atoms with Crippen LogP contribution in [0, 0.1) is 5.92 Å². The van der Waals surface area contributed by atoms with Gasteiger partial charge in [-0.1, -0.05) is 6.92 Å². The molecule has 2 amide bonds. The molecule has 17 heavy (non-hydrogen) atoms. The van der Waals surface area contributed by atoms with Crippen molar-refractivity contribution in [3.05, 3.63) is 0 Å². The number of halogens is 1. The molecule has 2 heterocycles. The minimum Gasteiger partial charge on any atom is -0.353 e. The summed E-state index contributed by atoms with van der Waals surface area (Å²) >= 11 is 0. The predicted octanol–water partition coefficient (Wildman–Crippen LogP) is -0.245. The van der Waals surface area contributed by atoms with Gasteiger partial charge in [0.2, 0.25) is 11.8 Å². The van der Waals surface area contributed by atoms with Crippen LogP contribution >= 0.6 is 12.4 Å². The van der Waals surface area contributed by atoms with Crippen LogP contribution in [0.1, 0.15) is 19.8 Å². The van der Waals surface area contributed by atoms with Crippen LogP contribution in [0.3, 0.4) is 0 Å². The van der Waals surface area contributed by atoms with Crippen LogP contribution in [0.2, 0.25) is 0 Å². The van der Waals surface area contributed by atoms with Gasteiger partial charge in [-0.15, -0.1) is 12.4 Å². The molecule has 0 spiro atoms. The summed E-state index contributed by atoms with van der Waals surface area (Å²) in [5.41, 5.74) is 0. The fraction of sp³-hybridized carbons (Fsp3) is 0.818. The van der Waals surface area contributed by atoms with Crippen molar-refractivity contribution in [1.29, 1.82) is 0 Å². The van der Waals surface area contributed by atoms with E-state index in [2.05, 4.69) is 10.6 Å². The summed E-state index contributed by atoms with van der Waals surface area (Å²) in [7, 11) is 0. The zero-order chi connectivity index (χ0) is 11.5. The minimum absolute atomic E-state index is 0. The number of carbonyl (C=O) groups excluding carboxylic acids is 2. The molecule has 2 unspecified atom stereocenters. The average molecular weight is 262 g/mol. The van der Waals surface area contributed by atoms with Crippen molar-refractivity contribution in [1.82, 2.24) is 15.5 Å². The number of hydrogen-bond acceptors (Lipinski definition) is 3. The van der Waals surface area contributed by atoms with E-state index in [9.17, 15) is 9.59 Å². The van der Waals surface area contributed by atoms with Crippen LogP contribution in [-0.4, -0.2) is 48.9 Å². The molecule has 0 saturated carbocycles. The lowest BCUT2D eigenvalue weighted by molar-refractivity contribution is -0.145. The third-order valence-electron chi connectivity index (χ3n) is 3.41. The van der Waals surface area contributed by atoms with Crippen molar-refractivity contribution in [2.45, 2.75) is 25.8 Å². The number of rotatable bonds is 2. The van der Waals surface area contributed by atoms with E-state index in [0.29, 0.717) is 19.5 Å². The van der Waals surface area contributed by atoms with Crippen molar-refractivity contribution in [2.75, 3.05) is 26.2 Å². The normalized spacial score (nSPS) is 28.5. The van der Waals surface area contributed by atoms with Crippen LogP contribution in [0.25, 0.3) is 0 Å². The van der Waals surface area contributed by atoms with Gasteiger partial charge in [0.25, 0.3) is 0 Å². The number of piperazine rings is 1. The Morgan fingerprint density at radius 2 is 2.24 bits per heavy atom. The van der Waals surface area contributed by atoms with E-state index in [4.69, 9.17) is 0 Å². The lowest BCUT2D eigenvalue weighted by Gasteiger charge is -2.36. The van der Waals surface area contributed by atoms with Crippen LogP contribution in [-0.2, 0) is 9.59 Å². The number of nitrogens with zero attached hydrogens (tertiary/aromatic N) is 1. The molecular weight excluding hydrogens is 242 g/mol. The Bertz CT molecular complexity index is 292. The summed E-state index contributed by atoms with van der Waals surface area (Å²) < 4.78 is 0. The molecule has 2 saturated heterocycles. The minimum atomic E-state index is -0.262. The summed E-state index contributed by atoms with van der Waals surface area (Å²) in [6.07, 6.45) is 1.59. The first-order valence-electron chi connectivity index (χ1n) is 6.03. The van der Waals surface area contributed by atoms with Gasteiger partial charge in [0.1, 0.15) is 6.04 Å². The lowest BCUT2D eigenvalue weighted by atomic mass is 10.0. The molecule has 6 heteroatoms. The van der Waals surface area contributed by atoms with E-state index in [1.807, 2.05) is 6.92 Å². The van der Waals surface area contributed by atoms with Gasteiger partial charge >= 0.3 is 0 Å². The molecular formula is C11H20ClN3O2. The van der Waals surface area contributed by atoms with Gasteiger partial charge in [0, 0.05) is 19.6 Å². The molecule has 2 aliphatic rings. The van der Waals surface area contributed by atoms with Gasteiger partial charge in [-0.25, -0.2) is 0 Å². The zero-order valence-electron chi connectivity index (χ0n) is 10.1. The molecule has 0 bridgehead atoms. The van der Waals surface area contributed by atoms with Gasteiger partial charge < -0.3 is 15.5 Å². The van der Waals surface area contributed by atoms with Crippen molar-refractivity contribution in [2.24, 2.45) is 5.92 Å². The highest BCUT2D eigenvalue weighted by molar-refractivity contribution is 5.89. The van der Waals surface area contributed by atoms with E-state index >= 15 is 0 Å². The van der Waals surface area contributed by atoms with Crippen LogP contribution < -0.4 is 10.6 Å². The van der Waals surface area contributed by atoms with Gasteiger partial charge in [0.05, 0.1) is 5.92 Å². The summed E-state index contributed by atoms with van der Waals surface area (Å²) in [5.74, 6) is 0.208. The standard InChI is InChI=1S/C11H19N3O2.ClH/c1-2-9-10(15)13-5-6-14(9)11(16)8-3-4-12-7-8;/h8-9,12H,2-7H2,1H3,(H,13,15);1H. The van der Waals surface area contributed by atoms with Gasteiger partial charge in [-0.3, -0.25) is 9.59 Å². The van der Waals surface area contributed by atoms with Crippen LogP contribution in [0.5, 0.6) is 0 Å². The van der Waals surface area contributed by atoms with E-state index in [-0.39, 0.29) is 36.2 Å². The molecule has 5 nitrogen and oxygen atoms in total. The summed E-state index contributed by atoms with van der Waals surface area (Å²) in [6, 6.07) is -0.262. The highest BCUT2D eigenvalue weighted by Crippen LogP contribution is 2.16. The summed E-state index contributed by atoms with van der Waals surface area (Å²) in [6.45, 7) is 4.85. The summed E-state index contributed by atoms with van der Waals surface area (Å²) in [5, 5.41) is 6.00. The molecule has 2 aliphatic heterocycles. The maximum atomic E-state index is 12.2. The number of nitrogens with one attached hydrogen (secondary N) is 2. The van der Waals surface area contributed by atoms with E-state index in [1.54, 1.807) is 4.90 Å². The molecule has 2 N–H and O–H groups in total. The van der Waals surface area contributed by atoms with Crippen LogP contribution in [0.15, 0.2) is 0 Å². The first-order valence-corrected chi connectivity index (χ1v) is 6.03. The Kier molecular flexibility index (Phi) is 5.21. The van der Waals surface area contributed by atoms with Gasteiger partial charge in [-0.05, 0) is 19.4 Å².